The van der Waals surface area contributed by atoms with E-state index in [1.165, 1.54) is 0 Å². The molecule has 6 heteroatoms. The molecule has 0 saturated heterocycles. The first-order valence-corrected chi connectivity index (χ1v) is 8.20. The second-order valence-corrected chi connectivity index (χ2v) is 7.23. The minimum atomic E-state index is -3.46. The third-order valence-electron chi connectivity index (χ3n) is 3.02. The van der Waals surface area contributed by atoms with Gasteiger partial charge in [-0.15, -0.1) is 0 Å². The lowest BCUT2D eigenvalue weighted by Crippen LogP contribution is -2.27. The van der Waals surface area contributed by atoms with Crippen molar-refractivity contribution >= 4 is 26.0 Å². The van der Waals surface area contributed by atoms with E-state index in [9.17, 15) is 13.5 Å². The lowest BCUT2D eigenvalue weighted by Gasteiger charge is -2.10. The number of aliphatic hydroxyl groups excluding tert-OH is 1. The van der Waals surface area contributed by atoms with Crippen LogP contribution in [0.3, 0.4) is 0 Å². The number of rotatable bonds is 6. The van der Waals surface area contributed by atoms with E-state index in [0.29, 0.717) is 12.3 Å². The third-order valence-corrected chi connectivity index (χ3v) is 5.03. The lowest BCUT2D eigenvalue weighted by atomic mass is 10.2. The average molecular weight is 334 g/mol. The fourth-order valence-electron chi connectivity index (χ4n) is 1.75. The Morgan fingerprint density at radius 2 is 1.94 bits per heavy atom. The van der Waals surface area contributed by atoms with Crippen LogP contribution in [-0.2, 0) is 10.0 Å². The van der Waals surface area contributed by atoms with Crippen LogP contribution in [0.15, 0.2) is 33.6 Å². The molecule has 1 saturated carbocycles. The van der Waals surface area contributed by atoms with E-state index >= 15 is 0 Å². The topological polar surface area (TPSA) is 66.4 Å². The van der Waals surface area contributed by atoms with Crippen molar-refractivity contribution in [3.8, 4) is 0 Å². The quantitative estimate of drug-likeness (QED) is 0.835. The molecule has 100 valence electrons. The van der Waals surface area contributed by atoms with E-state index in [1.54, 1.807) is 24.3 Å². The summed E-state index contributed by atoms with van der Waals surface area (Å²) in [6.07, 6.45) is 2.21. The Hall–Kier alpha value is -0.430. The highest BCUT2D eigenvalue weighted by Gasteiger charge is 2.29. The van der Waals surface area contributed by atoms with Crippen molar-refractivity contribution in [1.29, 1.82) is 0 Å². The number of benzene rings is 1. The van der Waals surface area contributed by atoms with Gasteiger partial charge < -0.3 is 5.11 Å². The highest BCUT2D eigenvalue weighted by Crippen LogP contribution is 2.33. The van der Waals surface area contributed by atoms with Crippen molar-refractivity contribution in [2.45, 2.75) is 30.3 Å². The van der Waals surface area contributed by atoms with Gasteiger partial charge in [0.15, 0.2) is 0 Å². The van der Waals surface area contributed by atoms with Crippen LogP contribution in [0.5, 0.6) is 0 Å². The largest absolute Gasteiger partial charge is 0.393 e. The van der Waals surface area contributed by atoms with Gasteiger partial charge in [-0.3, -0.25) is 0 Å². The molecule has 0 unspecified atom stereocenters. The zero-order valence-electron chi connectivity index (χ0n) is 9.84. The Morgan fingerprint density at radius 3 is 2.50 bits per heavy atom. The molecule has 2 rings (SSSR count). The Labute approximate surface area is 116 Å². The summed E-state index contributed by atoms with van der Waals surface area (Å²) >= 11 is 3.26. The maximum Gasteiger partial charge on any atom is 0.240 e. The maximum atomic E-state index is 11.9. The molecule has 0 amide bonds. The van der Waals surface area contributed by atoms with Crippen LogP contribution in [-0.4, -0.2) is 26.2 Å². The third kappa shape index (κ3) is 3.78. The highest BCUT2D eigenvalue weighted by molar-refractivity contribution is 9.10. The summed E-state index contributed by atoms with van der Waals surface area (Å²) in [5.41, 5.74) is 0. The molecule has 0 heterocycles. The molecule has 1 fully saturated rings. The van der Waals surface area contributed by atoms with Gasteiger partial charge in [-0.05, 0) is 49.4 Å². The molecule has 0 aromatic heterocycles. The van der Waals surface area contributed by atoms with E-state index in [0.717, 1.165) is 17.3 Å². The maximum absolute atomic E-state index is 11.9. The minimum absolute atomic E-state index is 0.242. The van der Waals surface area contributed by atoms with Crippen LogP contribution in [0.1, 0.15) is 19.3 Å². The van der Waals surface area contributed by atoms with Crippen LogP contribution in [0.2, 0.25) is 0 Å². The zero-order chi connectivity index (χ0) is 13.2. The molecular formula is C12H16BrNO3S. The summed E-state index contributed by atoms with van der Waals surface area (Å²) in [7, 11) is -3.46. The van der Waals surface area contributed by atoms with E-state index in [2.05, 4.69) is 20.7 Å². The summed E-state index contributed by atoms with van der Waals surface area (Å²) in [4.78, 5) is 0.242. The van der Waals surface area contributed by atoms with E-state index in [-0.39, 0.29) is 17.5 Å². The molecule has 4 nitrogen and oxygen atoms in total. The normalized spacial score (nSPS) is 17.7. The molecule has 1 aromatic rings. The van der Waals surface area contributed by atoms with Crippen molar-refractivity contribution in [1.82, 2.24) is 4.72 Å². The molecular weight excluding hydrogens is 318 g/mol. The molecule has 1 aliphatic rings. The Kier molecular flexibility index (Phi) is 4.42. The van der Waals surface area contributed by atoms with Gasteiger partial charge in [-0.25, -0.2) is 13.1 Å². The Bertz CT molecular complexity index is 497. The predicted molar refractivity (Wildman–Crippen MR) is 72.7 cm³/mol. The molecule has 0 aliphatic heterocycles. The number of halogens is 1. The molecule has 1 atom stereocenters. The molecule has 0 bridgehead atoms. The van der Waals surface area contributed by atoms with Crippen molar-refractivity contribution < 1.29 is 13.5 Å². The first kappa shape index (κ1) is 14.0. The SMILES string of the molecule is O=S(=O)(NCC[C@H](O)C1CC1)c1ccc(Br)cc1. The van der Waals surface area contributed by atoms with E-state index < -0.39 is 10.0 Å². The number of nitrogens with one attached hydrogen (secondary N) is 1. The lowest BCUT2D eigenvalue weighted by molar-refractivity contribution is 0.143. The minimum Gasteiger partial charge on any atom is -0.393 e. The smallest absolute Gasteiger partial charge is 0.240 e. The van der Waals surface area contributed by atoms with Gasteiger partial charge in [0, 0.05) is 11.0 Å². The second kappa shape index (κ2) is 5.69. The van der Waals surface area contributed by atoms with Gasteiger partial charge in [-0.1, -0.05) is 15.9 Å². The highest BCUT2D eigenvalue weighted by atomic mass is 79.9. The molecule has 1 aliphatic carbocycles. The van der Waals surface area contributed by atoms with E-state index in [4.69, 9.17) is 0 Å². The van der Waals surface area contributed by atoms with Gasteiger partial charge in [0.25, 0.3) is 0 Å². The molecule has 2 N–H and O–H groups in total. The van der Waals surface area contributed by atoms with Gasteiger partial charge in [-0.2, -0.15) is 0 Å². The van der Waals surface area contributed by atoms with Crippen LogP contribution >= 0.6 is 15.9 Å². The van der Waals surface area contributed by atoms with Crippen molar-refractivity contribution in [2.24, 2.45) is 5.92 Å². The number of hydrogen-bond acceptors (Lipinski definition) is 3. The molecule has 18 heavy (non-hydrogen) atoms. The Morgan fingerprint density at radius 1 is 1.33 bits per heavy atom. The van der Waals surface area contributed by atoms with Crippen LogP contribution < -0.4 is 4.72 Å². The first-order valence-electron chi connectivity index (χ1n) is 5.92. The van der Waals surface area contributed by atoms with E-state index in [1.807, 2.05) is 0 Å². The molecule has 0 spiro atoms. The number of hydrogen-bond donors (Lipinski definition) is 2. The van der Waals surface area contributed by atoms with Gasteiger partial charge in [0.05, 0.1) is 11.0 Å². The second-order valence-electron chi connectivity index (χ2n) is 4.55. The fourth-order valence-corrected chi connectivity index (χ4v) is 3.07. The van der Waals surface area contributed by atoms with Crippen molar-refractivity contribution in [3.05, 3.63) is 28.7 Å². The molecule has 1 aromatic carbocycles. The van der Waals surface area contributed by atoms with Crippen molar-refractivity contribution in [3.63, 3.8) is 0 Å². The van der Waals surface area contributed by atoms with Crippen LogP contribution in [0.4, 0.5) is 0 Å². The monoisotopic (exact) mass is 333 g/mol. The van der Waals surface area contributed by atoms with Gasteiger partial charge in [0.2, 0.25) is 10.0 Å². The first-order chi connectivity index (χ1) is 8.49. The zero-order valence-corrected chi connectivity index (χ0v) is 12.2. The standard InChI is InChI=1S/C12H16BrNO3S/c13-10-3-5-11(6-4-10)18(16,17)14-8-7-12(15)9-1-2-9/h3-6,9,12,14-15H,1-2,7-8H2/t12-/m0/s1. The van der Waals surface area contributed by atoms with Crippen LogP contribution in [0, 0.1) is 5.92 Å². The fraction of sp³-hybridized carbons (Fsp3) is 0.500. The summed E-state index contributed by atoms with van der Waals surface area (Å²) in [5, 5.41) is 9.65. The molecule has 0 radical (unpaired) electrons. The van der Waals surface area contributed by atoms with Gasteiger partial charge in [0.1, 0.15) is 0 Å². The van der Waals surface area contributed by atoms with Crippen molar-refractivity contribution in [2.75, 3.05) is 6.54 Å². The Balaban J connectivity index is 1.88. The van der Waals surface area contributed by atoms with Crippen LogP contribution in [0.25, 0.3) is 0 Å². The predicted octanol–water partition coefficient (Wildman–Crippen LogP) is 1.89. The number of sulfonamides is 1. The summed E-state index contributed by atoms with van der Waals surface area (Å²) in [5.74, 6) is 0.377. The number of aliphatic hydroxyl groups is 1. The average Bonchev–Trinajstić information content (AvgIpc) is 3.13. The van der Waals surface area contributed by atoms with Gasteiger partial charge >= 0.3 is 0 Å². The summed E-state index contributed by atoms with van der Waals surface area (Å²) < 4.78 is 27.1. The summed E-state index contributed by atoms with van der Waals surface area (Å²) in [6, 6.07) is 6.47. The summed E-state index contributed by atoms with van der Waals surface area (Å²) in [6.45, 7) is 0.274.